The number of benzene rings is 1. The van der Waals surface area contributed by atoms with Crippen molar-refractivity contribution in [3.8, 4) is 0 Å². The van der Waals surface area contributed by atoms with Crippen LogP contribution in [0.1, 0.15) is 12.0 Å². The quantitative estimate of drug-likeness (QED) is 0.839. The number of sulfone groups is 1. The Morgan fingerprint density at radius 2 is 1.84 bits per heavy atom. The van der Waals surface area contributed by atoms with Gasteiger partial charge in [-0.3, -0.25) is 4.98 Å². The van der Waals surface area contributed by atoms with Gasteiger partial charge in [0.2, 0.25) is 0 Å². The van der Waals surface area contributed by atoms with Gasteiger partial charge in [-0.05, 0) is 42.7 Å². The lowest BCUT2D eigenvalue weighted by Crippen LogP contribution is -2.08. The first-order valence-electron chi connectivity index (χ1n) is 5.95. The molecule has 0 amide bonds. The monoisotopic (exact) mass is 339 g/mol. The Bertz CT molecular complexity index is 624. The molecule has 0 fully saturated rings. The van der Waals surface area contributed by atoms with Crippen molar-refractivity contribution in [2.75, 3.05) is 5.75 Å². The number of halogens is 1. The SMILES string of the molecule is O=S(=O)(CCCc1ccc(Br)cc1)c1cccnc1. The Labute approximate surface area is 121 Å². The topological polar surface area (TPSA) is 47.0 Å². The average Bonchev–Trinajstić information content (AvgIpc) is 2.42. The zero-order valence-corrected chi connectivity index (χ0v) is 12.7. The van der Waals surface area contributed by atoms with Gasteiger partial charge in [0.1, 0.15) is 0 Å². The fourth-order valence-corrected chi connectivity index (χ4v) is 3.30. The Morgan fingerprint density at radius 3 is 2.47 bits per heavy atom. The van der Waals surface area contributed by atoms with Crippen molar-refractivity contribution in [3.05, 3.63) is 58.8 Å². The van der Waals surface area contributed by atoms with E-state index >= 15 is 0 Å². The van der Waals surface area contributed by atoms with Gasteiger partial charge in [-0.25, -0.2) is 8.42 Å². The van der Waals surface area contributed by atoms with Crippen LogP contribution in [0.2, 0.25) is 0 Å². The molecule has 1 aromatic carbocycles. The molecule has 0 radical (unpaired) electrons. The summed E-state index contributed by atoms with van der Waals surface area (Å²) < 4.78 is 25.1. The van der Waals surface area contributed by atoms with Gasteiger partial charge < -0.3 is 0 Å². The highest BCUT2D eigenvalue weighted by Crippen LogP contribution is 2.14. The van der Waals surface area contributed by atoms with E-state index in [0.29, 0.717) is 11.3 Å². The molecule has 2 rings (SSSR count). The van der Waals surface area contributed by atoms with Crippen LogP contribution in [-0.4, -0.2) is 19.2 Å². The highest BCUT2D eigenvalue weighted by molar-refractivity contribution is 9.10. The summed E-state index contributed by atoms with van der Waals surface area (Å²) in [5.41, 5.74) is 1.14. The minimum Gasteiger partial charge on any atom is -0.263 e. The molecule has 100 valence electrons. The fourth-order valence-electron chi connectivity index (χ4n) is 1.77. The molecule has 19 heavy (non-hydrogen) atoms. The third-order valence-corrected chi connectivity index (χ3v) is 5.10. The summed E-state index contributed by atoms with van der Waals surface area (Å²) in [7, 11) is -3.21. The summed E-state index contributed by atoms with van der Waals surface area (Å²) >= 11 is 3.37. The molecule has 0 bridgehead atoms. The summed E-state index contributed by atoms with van der Waals surface area (Å²) in [4.78, 5) is 4.14. The summed E-state index contributed by atoms with van der Waals surface area (Å²) in [6, 6.07) is 11.2. The fraction of sp³-hybridized carbons (Fsp3) is 0.214. The Kier molecular flexibility index (Phi) is 4.71. The molecule has 0 unspecified atom stereocenters. The highest BCUT2D eigenvalue weighted by atomic mass is 79.9. The summed E-state index contributed by atoms with van der Waals surface area (Å²) in [6.07, 6.45) is 4.33. The van der Waals surface area contributed by atoms with Gasteiger partial charge in [0.15, 0.2) is 9.84 Å². The van der Waals surface area contributed by atoms with Crippen molar-refractivity contribution in [1.82, 2.24) is 4.98 Å². The predicted molar refractivity (Wildman–Crippen MR) is 78.8 cm³/mol. The number of rotatable bonds is 5. The van der Waals surface area contributed by atoms with Gasteiger partial charge in [0.25, 0.3) is 0 Å². The number of nitrogens with zero attached hydrogens (tertiary/aromatic N) is 1. The van der Waals surface area contributed by atoms with Crippen LogP contribution < -0.4 is 0 Å². The standard InChI is InChI=1S/C14H14BrNO2S/c15-13-7-5-12(6-8-13)3-2-10-19(17,18)14-4-1-9-16-11-14/h1,4-9,11H,2-3,10H2. The van der Waals surface area contributed by atoms with E-state index < -0.39 is 9.84 Å². The van der Waals surface area contributed by atoms with E-state index in [1.54, 1.807) is 18.3 Å². The van der Waals surface area contributed by atoms with Crippen LogP contribution in [0.15, 0.2) is 58.2 Å². The van der Waals surface area contributed by atoms with E-state index in [1.807, 2.05) is 24.3 Å². The van der Waals surface area contributed by atoms with Gasteiger partial charge in [-0.2, -0.15) is 0 Å². The molecule has 1 aromatic heterocycles. The van der Waals surface area contributed by atoms with Crippen LogP contribution in [0.4, 0.5) is 0 Å². The summed E-state index contributed by atoms with van der Waals surface area (Å²) in [5, 5.41) is 0. The Hall–Kier alpha value is -1.20. The zero-order chi connectivity index (χ0) is 13.7. The van der Waals surface area contributed by atoms with Gasteiger partial charge >= 0.3 is 0 Å². The molecule has 1 heterocycles. The maximum Gasteiger partial charge on any atom is 0.179 e. The lowest BCUT2D eigenvalue weighted by molar-refractivity contribution is 0.593. The molecule has 0 aliphatic heterocycles. The van der Waals surface area contributed by atoms with Crippen molar-refractivity contribution in [1.29, 1.82) is 0 Å². The summed E-state index contributed by atoms with van der Waals surface area (Å²) in [5.74, 6) is 0.148. The van der Waals surface area contributed by atoms with Gasteiger partial charge in [0.05, 0.1) is 10.6 Å². The summed E-state index contributed by atoms with van der Waals surface area (Å²) in [6.45, 7) is 0. The van der Waals surface area contributed by atoms with Crippen molar-refractivity contribution in [3.63, 3.8) is 0 Å². The van der Waals surface area contributed by atoms with Crippen LogP contribution in [0, 0.1) is 0 Å². The molecule has 0 aliphatic carbocycles. The van der Waals surface area contributed by atoms with E-state index in [9.17, 15) is 8.42 Å². The van der Waals surface area contributed by atoms with Crippen LogP contribution in [0.3, 0.4) is 0 Å². The number of pyridine rings is 1. The highest BCUT2D eigenvalue weighted by Gasteiger charge is 2.13. The number of hydrogen-bond acceptors (Lipinski definition) is 3. The van der Waals surface area contributed by atoms with Gasteiger partial charge in [-0.15, -0.1) is 0 Å². The second kappa shape index (κ2) is 6.30. The van der Waals surface area contributed by atoms with E-state index in [4.69, 9.17) is 0 Å². The molecule has 0 saturated heterocycles. The first-order chi connectivity index (χ1) is 9.08. The van der Waals surface area contributed by atoms with E-state index in [0.717, 1.165) is 16.5 Å². The minimum absolute atomic E-state index is 0.148. The number of hydrogen-bond donors (Lipinski definition) is 0. The van der Waals surface area contributed by atoms with Crippen molar-refractivity contribution >= 4 is 25.8 Å². The van der Waals surface area contributed by atoms with E-state index in [2.05, 4.69) is 20.9 Å². The molecular weight excluding hydrogens is 326 g/mol. The maximum atomic E-state index is 12.0. The first-order valence-corrected chi connectivity index (χ1v) is 8.40. The zero-order valence-electron chi connectivity index (χ0n) is 10.3. The number of aryl methyl sites for hydroxylation is 1. The molecule has 0 spiro atoms. The molecule has 3 nitrogen and oxygen atoms in total. The second-order valence-electron chi connectivity index (χ2n) is 4.24. The molecular formula is C14H14BrNO2S. The Morgan fingerprint density at radius 1 is 1.11 bits per heavy atom. The molecule has 0 aliphatic rings. The van der Waals surface area contributed by atoms with E-state index in [-0.39, 0.29) is 5.75 Å². The van der Waals surface area contributed by atoms with Crippen LogP contribution in [0.25, 0.3) is 0 Å². The smallest absolute Gasteiger partial charge is 0.179 e. The molecule has 5 heteroatoms. The third kappa shape index (κ3) is 4.14. The van der Waals surface area contributed by atoms with Gasteiger partial charge in [0, 0.05) is 16.9 Å². The first kappa shape index (κ1) is 14.2. The van der Waals surface area contributed by atoms with Crippen molar-refractivity contribution < 1.29 is 8.42 Å². The van der Waals surface area contributed by atoms with Crippen LogP contribution >= 0.6 is 15.9 Å². The second-order valence-corrected chi connectivity index (χ2v) is 7.26. The molecule has 0 N–H and O–H groups in total. The predicted octanol–water partition coefficient (Wildman–Crippen LogP) is 3.25. The minimum atomic E-state index is -3.21. The van der Waals surface area contributed by atoms with Crippen LogP contribution in [-0.2, 0) is 16.3 Å². The lowest BCUT2D eigenvalue weighted by Gasteiger charge is -2.04. The van der Waals surface area contributed by atoms with Crippen molar-refractivity contribution in [2.45, 2.75) is 17.7 Å². The maximum absolute atomic E-state index is 12.0. The molecule has 0 atom stereocenters. The normalized spacial score (nSPS) is 11.4. The molecule has 0 saturated carbocycles. The Balaban J connectivity index is 1.94. The lowest BCUT2D eigenvalue weighted by atomic mass is 10.1. The molecule has 2 aromatic rings. The largest absolute Gasteiger partial charge is 0.263 e. The number of aromatic nitrogens is 1. The van der Waals surface area contributed by atoms with Crippen molar-refractivity contribution in [2.24, 2.45) is 0 Å². The third-order valence-electron chi connectivity index (χ3n) is 2.79. The van der Waals surface area contributed by atoms with Crippen LogP contribution in [0.5, 0.6) is 0 Å². The average molecular weight is 340 g/mol. The van der Waals surface area contributed by atoms with E-state index in [1.165, 1.54) is 6.20 Å². The van der Waals surface area contributed by atoms with Gasteiger partial charge in [-0.1, -0.05) is 28.1 Å².